The Hall–Kier alpha value is -1.09. The van der Waals surface area contributed by atoms with Crippen molar-refractivity contribution in [3.8, 4) is 0 Å². The molecular weight excluding hydrogens is 154 g/mol. The van der Waals surface area contributed by atoms with E-state index in [1.165, 1.54) is 17.1 Å². The lowest BCUT2D eigenvalue weighted by Crippen LogP contribution is -3.03. The van der Waals surface area contributed by atoms with Crippen LogP contribution in [-0.2, 0) is 4.79 Å². The fraction of sp³-hybridized carbons (Fsp3) is 0.444. The second-order valence-electron chi connectivity index (χ2n) is 2.58. The minimum absolute atomic E-state index is 0.972. The van der Waals surface area contributed by atoms with E-state index in [2.05, 4.69) is 32.2 Å². The summed E-state index contributed by atoms with van der Waals surface area (Å²) in [5.74, 6) is -1.08. The summed E-state index contributed by atoms with van der Waals surface area (Å²) in [5, 5.41) is 8.89. The average Bonchev–Trinajstić information content (AvgIpc) is 2.33. The fourth-order valence-corrected chi connectivity index (χ4v) is 0.944. The molecule has 1 rings (SSSR count). The molecule has 1 N–H and O–H groups in total. The van der Waals surface area contributed by atoms with Crippen LogP contribution in [0.2, 0.25) is 0 Å². The van der Waals surface area contributed by atoms with Crippen LogP contribution in [0, 0.1) is 0 Å². The number of hydrogen-bond acceptors (Lipinski definition) is 2. The minimum Gasteiger partial charge on any atom is -0.550 e. The topological polar surface area (TPSA) is 44.6 Å². The predicted octanol–water partition coefficient (Wildman–Crippen LogP) is -0.921. The van der Waals surface area contributed by atoms with E-state index in [0.717, 1.165) is 6.92 Å². The molecule has 0 aliphatic carbocycles. The number of allylic oxidation sites excluding steroid dienone is 3. The molecule has 0 saturated heterocycles. The SMILES string of the molecule is CC(=O)[O-].CC[NH+]1C=CC=C1C. The molecule has 0 amide bonds. The van der Waals surface area contributed by atoms with Gasteiger partial charge in [-0.25, -0.2) is 0 Å². The van der Waals surface area contributed by atoms with Gasteiger partial charge in [-0.05, 0) is 26.0 Å². The van der Waals surface area contributed by atoms with E-state index in [1.807, 2.05) is 0 Å². The molecule has 1 heterocycles. The van der Waals surface area contributed by atoms with Crippen LogP contribution in [0.5, 0.6) is 0 Å². The maximum atomic E-state index is 8.89. The molecule has 1 aliphatic rings. The van der Waals surface area contributed by atoms with Crippen LogP contribution in [0.15, 0.2) is 24.0 Å². The van der Waals surface area contributed by atoms with Gasteiger partial charge in [-0.3, -0.25) is 4.90 Å². The lowest BCUT2D eigenvalue weighted by molar-refractivity contribution is -0.799. The molecule has 0 aromatic carbocycles. The molecule has 3 heteroatoms. The summed E-state index contributed by atoms with van der Waals surface area (Å²) in [7, 11) is 0. The minimum atomic E-state index is -1.08. The van der Waals surface area contributed by atoms with Crippen LogP contribution in [0.1, 0.15) is 20.8 Å². The summed E-state index contributed by atoms with van der Waals surface area (Å²) in [5.41, 5.74) is 1.42. The molecule has 0 saturated carbocycles. The molecule has 0 fully saturated rings. The van der Waals surface area contributed by atoms with Gasteiger partial charge in [-0.15, -0.1) is 0 Å². The highest BCUT2D eigenvalue weighted by molar-refractivity contribution is 5.60. The van der Waals surface area contributed by atoms with Crippen molar-refractivity contribution >= 4 is 5.97 Å². The Morgan fingerprint density at radius 2 is 2.17 bits per heavy atom. The Morgan fingerprint density at radius 1 is 1.67 bits per heavy atom. The van der Waals surface area contributed by atoms with E-state index in [-0.39, 0.29) is 0 Å². The smallest absolute Gasteiger partial charge is 0.109 e. The average molecular weight is 169 g/mol. The first-order chi connectivity index (χ1) is 5.57. The molecule has 1 aliphatic heterocycles. The van der Waals surface area contributed by atoms with Gasteiger partial charge in [0.25, 0.3) is 0 Å². The molecular formula is C9H15NO2. The zero-order chi connectivity index (χ0) is 9.56. The first-order valence-corrected chi connectivity index (χ1v) is 3.96. The molecule has 12 heavy (non-hydrogen) atoms. The Balaban J connectivity index is 0.000000261. The van der Waals surface area contributed by atoms with Gasteiger partial charge in [-0.1, -0.05) is 0 Å². The number of nitrogens with one attached hydrogen (secondary N) is 1. The first kappa shape index (κ1) is 10.9. The van der Waals surface area contributed by atoms with Gasteiger partial charge >= 0.3 is 0 Å². The highest BCUT2D eigenvalue weighted by atomic mass is 16.4. The number of quaternary nitrogens is 1. The second kappa shape index (κ2) is 5.55. The zero-order valence-electron chi connectivity index (χ0n) is 7.76. The van der Waals surface area contributed by atoms with Crippen LogP contribution < -0.4 is 10.0 Å². The van der Waals surface area contributed by atoms with E-state index in [4.69, 9.17) is 9.90 Å². The van der Waals surface area contributed by atoms with Crippen molar-refractivity contribution in [1.82, 2.24) is 0 Å². The largest absolute Gasteiger partial charge is 0.550 e. The number of aliphatic carboxylic acids is 1. The third-order valence-electron chi connectivity index (χ3n) is 1.53. The number of carboxylic acid groups (broad SMARTS) is 1. The van der Waals surface area contributed by atoms with E-state index in [1.54, 1.807) is 0 Å². The Bertz CT molecular complexity index is 203. The molecule has 0 radical (unpaired) electrons. The van der Waals surface area contributed by atoms with Crippen molar-refractivity contribution in [2.24, 2.45) is 0 Å². The van der Waals surface area contributed by atoms with Gasteiger partial charge in [0.05, 0.1) is 12.7 Å². The van der Waals surface area contributed by atoms with Crippen LogP contribution in [0.3, 0.4) is 0 Å². The molecule has 0 aromatic rings. The van der Waals surface area contributed by atoms with Gasteiger partial charge in [0.1, 0.15) is 5.70 Å². The predicted molar refractivity (Wildman–Crippen MR) is 45.1 cm³/mol. The normalized spacial score (nSPS) is 19.6. The standard InChI is InChI=1S/C7H11N.C2H4O2/c1-3-8-6-4-5-7(8)2;1-2(3)4/h4-6H,3H2,1-2H3;1H3,(H,3,4). The van der Waals surface area contributed by atoms with Gasteiger partial charge in [0, 0.05) is 12.9 Å². The van der Waals surface area contributed by atoms with Gasteiger partial charge < -0.3 is 9.90 Å². The number of hydrogen-bond donors (Lipinski definition) is 1. The van der Waals surface area contributed by atoms with E-state index in [0.29, 0.717) is 0 Å². The number of carbonyl (C=O) groups excluding carboxylic acids is 1. The van der Waals surface area contributed by atoms with Crippen molar-refractivity contribution in [1.29, 1.82) is 0 Å². The lowest BCUT2D eigenvalue weighted by Gasteiger charge is -2.05. The Morgan fingerprint density at radius 3 is 2.33 bits per heavy atom. The summed E-state index contributed by atoms with van der Waals surface area (Å²) in [6.07, 6.45) is 6.43. The van der Waals surface area contributed by atoms with Gasteiger partial charge in [-0.2, -0.15) is 0 Å². The maximum absolute atomic E-state index is 8.89. The van der Waals surface area contributed by atoms with E-state index < -0.39 is 5.97 Å². The number of carbonyl (C=O) groups is 1. The molecule has 1 unspecified atom stereocenters. The summed E-state index contributed by atoms with van der Waals surface area (Å²) in [6, 6.07) is 0. The van der Waals surface area contributed by atoms with Crippen LogP contribution in [-0.4, -0.2) is 12.5 Å². The molecule has 68 valence electrons. The quantitative estimate of drug-likeness (QED) is 0.551. The lowest BCUT2D eigenvalue weighted by atomic mass is 10.4. The number of carboxylic acids is 1. The third kappa shape index (κ3) is 4.68. The highest BCUT2D eigenvalue weighted by Crippen LogP contribution is 1.86. The van der Waals surface area contributed by atoms with Crippen molar-refractivity contribution < 1.29 is 14.8 Å². The maximum Gasteiger partial charge on any atom is 0.109 e. The summed E-state index contributed by atoms with van der Waals surface area (Å²) in [4.78, 5) is 10.4. The summed E-state index contributed by atoms with van der Waals surface area (Å²) in [6.45, 7) is 6.47. The Labute approximate surface area is 73.0 Å². The van der Waals surface area contributed by atoms with E-state index in [9.17, 15) is 0 Å². The van der Waals surface area contributed by atoms with Crippen LogP contribution >= 0.6 is 0 Å². The molecule has 3 nitrogen and oxygen atoms in total. The van der Waals surface area contributed by atoms with Crippen LogP contribution in [0.25, 0.3) is 0 Å². The molecule has 1 atom stereocenters. The Kier molecular flexibility index (Phi) is 5.04. The summed E-state index contributed by atoms with van der Waals surface area (Å²) < 4.78 is 0. The third-order valence-corrected chi connectivity index (χ3v) is 1.53. The monoisotopic (exact) mass is 169 g/mol. The molecule has 0 bridgehead atoms. The van der Waals surface area contributed by atoms with Gasteiger partial charge in [0.15, 0.2) is 0 Å². The van der Waals surface area contributed by atoms with Crippen molar-refractivity contribution in [3.05, 3.63) is 24.0 Å². The summed E-state index contributed by atoms with van der Waals surface area (Å²) >= 11 is 0. The zero-order valence-corrected chi connectivity index (χ0v) is 7.76. The van der Waals surface area contributed by atoms with Crippen molar-refractivity contribution in [2.45, 2.75) is 20.8 Å². The van der Waals surface area contributed by atoms with Crippen LogP contribution in [0.4, 0.5) is 0 Å². The van der Waals surface area contributed by atoms with E-state index >= 15 is 0 Å². The first-order valence-electron chi connectivity index (χ1n) is 3.96. The van der Waals surface area contributed by atoms with Crippen molar-refractivity contribution in [2.75, 3.05) is 6.54 Å². The second-order valence-corrected chi connectivity index (χ2v) is 2.58. The van der Waals surface area contributed by atoms with Crippen molar-refractivity contribution in [3.63, 3.8) is 0 Å². The van der Waals surface area contributed by atoms with Gasteiger partial charge in [0.2, 0.25) is 0 Å². The molecule has 0 aromatic heterocycles. The highest BCUT2D eigenvalue weighted by Gasteiger charge is 2.06. The molecule has 0 spiro atoms. The number of rotatable bonds is 1. The fourth-order valence-electron chi connectivity index (χ4n) is 0.944.